The molecule has 2 aromatic rings. The van der Waals surface area contributed by atoms with Crippen LogP contribution in [0.2, 0.25) is 0 Å². The zero-order valence-corrected chi connectivity index (χ0v) is 15.4. The monoisotopic (exact) mass is 350 g/mol. The lowest BCUT2D eigenvalue weighted by molar-refractivity contribution is 0.0600. The molecule has 2 unspecified atom stereocenters. The lowest BCUT2D eigenvalue weighted by Gasteiger charge is -2.43. The molecule has 0 amide bonds. The van der Waals surface area contributed by atoms with Crippen molar-refractivity contribution in [1.82, 2.24) is 0 Å². The molecule has 0 bridgehead atoms. The van der Waals surface area contributed by atoms with Gasteiger partial charge in [-0.25, -0.2) is 4.79 Å². The van der Waals surface area contributed by atoms with Crippen LogP contribution in [0.3, 0.4) is 0 Å². The van der Waals surface area contributed by atoms with Crippen LogP contribution in [-0.4, -0.2) is 24.8 Å². The fraction of sp³-hybridized carbons (Fsp3) is 0.348. The van der Waals surface area contributed by atoms with Gasteiger partial charge >= 0.3 is 5.97 Å². The molecule has 3 heteroatoms. The quantitative estimate of drug-likeness (QED) is 0.786. The van der Waals surface area contributed by atoms with E-state index in [9.17, 15) is 9.90 Å². The topological polar surface area (TPSA) is 46.5 Å². The van der Waals surface area contributed by atoms with Gasteiger partial charge in [-0.05, 0) is 41.7 Å². The number of hydrogen-bond acceptors (Lipinski definition) is 3. The zero-order valence-electron chi connectivity index (χ0n) is 15.4. The van der Waals surface area contributed by atoms with E-state index in [4.69, 9.17) is 4.74 Å². The maximum Gasteiger partial charge on any atom is 0.337 e. The summed E-state index contributed by atoms with van der Waals surface area (Å²) in [6.07, 6.45) is 6.99. The zero-order chi connectivity index (χ0) is 18.6. The standard InChI is InChI=1S/C23H26O3/c1-3-13-23(15-17-7-5-4-6-8-17)20(16-24)11-9-18-14-19(22(25)26-2)10-12-21(18)23/h4-12,14,20,24H,3,13,15-16H2,1-2H3. The van der Waals surface area contributed by atoms with E-state index in [-0.39, 0.29) is 23.9 Å². The fourth-order valence-corrected chi connectivity index (χ4v) is 4.28. The molecule has 26 heavy (non-hydrogen) atoms. The summed E-state index contributed by atoms with van der Waals surface area (Å²) in [7, 11) is 1.40. The maximum atomic E-state index is 11.9. The number of ether oxygens (including phenoxy) is 1. The van der Waals surface area contributed by atoms with Gasteiger partial charge in [-0.3, -0.25) is 0 Å². The Morgan fingerprint density at radius 3 is 2.62 bits per heavy atom. The third-order valence-corrected chi connectivity index (χ3v) is 5.48. The SMILES string of the molecule is CCCC1(Cc2ccccc2)c2ccc(C(=O)OC)cc2C=CC1CO. The van der Waals surface area contributed by atoms with E-state index in [1.165, 1.54) is 18.2 Å². The first-order valence-electron chi connectivity index (χ1n) is 9.20. The van der Waals surface area contributed by atoms with Gasteiger partial charge in [0.25, 0.3) is 0 Å². The van der Waals surface area contributed by atoms with Crippen LogP contribution in [-0.2, 0) is 16.6 Å². The van der Waals surface area contributed by atoms with Crippen LogP contribution in [0, 0.1) is 5.92 Å². The second-order valence-electron chi connectivity index (χ2n) is 7.01. The van der Waals surface area contributed by atoms with Gasteiger partial charge in [0.15, 0.2) is 0 Å². The molecule has 2 atom stereocenters. The van der Waals surface area contributed by atoms with Gasteiger partial charge in [-0.1, -0.05) is 61.9 Å². The van der Waals surface area contributed by atoms with E-state index >= 15 is 0 Å². The van der Waals surface area contributed by atoms with Crippen molar-refractivity contribution in [3.63, 3.8) is 0 Å². The van der Waals surface area contributed by atoms with Crippen molar-refractivity contribution in [3.8, 4) is 0 Å². The van der Waals surface area contributed by atoms with Crippen molar-refractivity contribution < 1.29 is 14.6 Å². The Morgan fingerprint density at radius 1 is 1.19 bits per heavy atom. The van der Waals surface area contributed by atoms with E-state index in [1.807, 2.05) is 30.3 Å². The van der Waals surface area contributed by atoms with Crippen LogP contribution in [0.4, 0.5) is 0 Å². The summed E-state index contributed by atoms with van der Waals surface area (Å²) in [5.41, 5.74) is 3.89. The number of carbonyl (C=O) groups excluding carboxylic acids is 1. The summed E-state index contributed by atoms with van der Waals surface area (Å²) in [6, 6.07) is 16.2. The number of aliphatic hydroxyl groups excluding tert-OH is 1. The first-order valence-corrected chi connectivity index (χ1v) is 9.20. The lowest BCUT2D eigenvalue weighted by atomic mass is 9.61. The number of aliphatic hydroxyl groups is 1. The molecule has 1 N–H and O–H groups in total. The Hall–Kier alpha value is -2.39. The molecule has 1 aliphatic rings. The minimum absolute atomic E-state index is 0.0548. The Labute approximate surface area is 155 Å². The second-order valence-corrected chi connectivity index (χ2v) is 7.01. The Balaban J connectivity index is 2.12. The fourth-order valence-electron chi connectivity index (χ4n) is 4.28. The first kappa shape index (κ1) is 18.4. The smallest absolute Gasteiger partial charge is 0.337 e. The number of esters is 1. The van der Waals surface area contributed by atoms with Gasteiger partial charge in [0, 0.05) is 11.3 Å². The average molecular weight is 350 g/mol. The van der Waals surface area contributed by atoms with E-state index in [2.05, 4.69) is 37.3 Å². The van der Waals surface area contributed by atoms with Gasteiger partial charge in [-0.15, -0.1) is 0 Å². The van der Waals surface area contributed by atoms with Crippen molar-refractivity contribution in [2.75, 3.05) is 13.7 Å². The van der Waals surface area contributed by atoms with E-state index in [0.29, 0.717) is 5.56 Å². The van der Waals surface area contributed by atoms with Crippen molar-refractivity contribution in [2.24, 2.45) is 5.92 Å². The number of rotatable bonds is 6. The minimum atomic E-state index is -0.324. The van der Waals surface area contributed by atoms with Gasteiger partial charge < -0.3 is 9.84 Å². The minimum Gasteiger partial charge on any atom is -0.465 e. The van der Waals surface area contributed by atoms with E-state index < -0.39 is 0 Å². The number of benzene rings is 2. The molecule has 136 valence electrons. The molecule has 0 saturated heterocycles. The number of hydrogen-bond donors (Lipinski definition) is 1. The van der Waals surface area contributed by atoms with Gasteiger partial charge in [0.1, 0.15) is 0 Å². The molecular formula is C23H26O3. The highest BCUT2D eigenvalue weighted by Crippen LogP contribution is 2.46. The summed E-state index contributed by atoms with van der Waals surface area (Å²) in [5.74, 6) is -0.270. The molecule has 0 spiro atoms. The molecule has 0 heterocycles. The number of methoxy groups -OCH3 is 1. The number of fused-ring (bicyclic) bond motifs is 1. The molecule has 2 aromatic carbocycles. The highest BCUT2D eigenvalue weighted by molar-refractivity contribution is 5.90. The van der Waals surface area contributed by atoms with Crippen LogP contribution >= 0.6 is 0 Å². The number of carbonyl (C=O) groups is 1. The Bertz CT molecular complexity index is 794. The van der Waals surface area contributed by atoms with Gasteiger partial charge in [0.2, 0.25) is 0 Å². The van der Waals surface area contributed by atoms with Crippen molar-refractivity contribution in [2.45, 2.75) is 31.6 Å². The van der Waals surface area contributed by atoms with Crippen molar-refractivity contribution in [1.29, 1.82) is 0 Å². The second kappa shape index (κ2) is 7.88. The maximum absolute atomic E-state index is 11.9. The third kappa shape index (κ3) is 3.32. The molecule has 3 rings (SSSR count). The molecule has 1 aliphatic carbocycles. The van der Waals surface area contributed by atoms with Gasteiger partial charge in [0.05, 0.1) is 19.3 Å². The summed E-state index contributed by atoms with van der Waals surface area (Å²) < 4.78 is 4.86. The Morgan fingerprint density at radius 2 is 1.96 bits per heavy atom. The highest BCUT2D eigenvalue weighted by atomic mass is 16.5. The van der Waals surface area contributed by atoms with E-state index in [1.54, 1.807) is 0 Å². The molecule has 3 nitrogen and oxygen atoms in total. The summed E-state index contributed by atoms with van der Waals surface area (Å²) in [4.78, 5) is 11.9. The molecule has 0 fully saturated rings. The third-order valence-electron chi connectivity index (χ3n) is 5.48. The van der Waals surface area contributed by atoms with E-state index in [0.717, 1.165) is 24.8 Å². The molecule has 0 saturated carbocycles. The summed E-state index contributed by atoms with van der Waals surface area (Å²) in [5, 5.41) is 10.1. The van der Waals surface area contributed by atoms with Crippen LogP contribution in [0.1, 0.15) is 46.8 Å². The largest absolute Gasteiger partial charge is 0.465 e. The van der Waals surface area contributed by atoms with Crippen LogP contribution in [0.25, 0.3) is 6.08 Å². The molecule has 0 aliphatic heterocycles. The normalized spacial score (nSPS) is 21.3. The van der Waals surface area contributed by atoms with Crippen molar-refractivity contribution >= 4 is 12.0 Å². The predicted octanol–water partition coefficient (Wildman–Crippen LogP) is 4.39. The average Bonchev–Trinajstić information content (AvgIpc) is 2.68. The van der Waals surface area contributed by atoms with Gasteiger partial charge in [-0.2, -0.15) is 0 Å². The lowest BCUT2D eigenvalue weighted by Crippen LogP contribution is -2.41. The van der Waals surface area contributed by atoms with Crippen LogP contribution in [0.5, 0.6) is 0 Å². The summed E-state index contributed by atoms with van der Waals surface area (Å²) in [6.45, 7) is 2.30. The first-order chi connectivity index (χ1) is 12.6. The molecule has 0 aromatic heterocycles. The Kier molecular flexibility index (Phi) is 5.58. The predicted molar refractivity (Wildman–Crippen MR) is 104 cm³/mol. The molecular weight excluding hydrogens is 324 g/mol. The van der Waals surface area contributed by atoms with Crippen LogP contribution < -0.4 is 0 Å². The van der Waals surface area contributed by atoms with Crippen LogP contribution in [0.15, 0.2) is 54.6 Å². The summed E-state index contributed by atoms with van der Waals surface area (Å²) >= 11 is 0. The van der Waals surface area contributed by atoms with Crippen molar-refractivity contribution in [3.05, 3.63) is 76.9 Å². The molecule has 0 radical (unpaired) electrons. The highest BCUT2D eigenvalue weighted by Gasteiger charge is 2.41.